The highest BCUT2D eigenvalue weighted by Crippen LogP contribution is 2.66. The third kappa shape index (κ3) is 2.01. The largest absolute Gasteiger partial charge is 0.299 e. The van der Waals surface area contributed by atoms with Crippen LogP contribution in [-0.2, 0) is 4.79 Å². The summed E-state index contributed by atoms with van der Waals surface area (Å²) >= 11 is 0. The van der Waals surface area contributed by atoms with Crippen LogP contribution in [0.2, 0.25) is 0 Å². The molecule has 0 unspecified atom stereocenters. The maximum Gasteiger partial charge on any atom is 0.154 e. The lowest BCUT2D eigenvalue weighted by atomic mass is 9.45. The molecule has 124 valence electrons. The number of allylic oxidation sites excluding steroid dienone is 1. The van der Waals surface area contributed by atoms with Gasteiger partial charge in [-0.05, 0) is 67.1 Å². The molecular formula is C21H29NO. The molecule has 0 amide bonds. The average Bonchev–Trinajstić information content (AvgIpc) is 2.83. The third-order valence-corrected chi connectivity index (χ3v) is 8.34. The second-order valence-electron chi connectivity index (χ2n) is 9.16. The molecule has 0 aromatic heterocycles. The highest BCUT2D eigenvalue weighted by molar-refractivity contribution is 5.85. The van der Waals surface area contributed by atoms with Crippen molar-refractivity contribution in [3.05, 3.63) is 23.2 Å². The van der Waals surface area contributed by atoms with Gasteiger partial charge in [0.2, 0.25) is 0 Å². The van der Waals surface area contributed by atoms with E-state index in [-0.39, 0.29) is 10.8 Å². The molecular weight excluding hydrogens is 282 g/mol. The van der Waals surface area contributed by atoms with E-state index in [0.717, 1.165) is 12.3 Å². The van der Waals surface area contributed by atoms with E-state index in [2.05, 4.69) is 18.7 Å². The quantitative estimate of drug-likeness (QED) is 0.549. The number of nitrogens with zero attached hydrogens (tertiary/aromatic N) is 1. The molecule has 4 fully saturated rings. The summed E-state index contributed by atoms with van der Waals surface area (Å²) in [5, 5.41) is 0. The van der Waals surface area contributed by atoms with Crippen LogP contribution in [0.3, 0.4) is 0 Å². The normalized spacial score (nSPS) is 50.8. The van der Waals surface area contributed by atoms with Crippen LogP contribution in [0.25, 0.3) is 4.85 Å². The van der Waals surface area contributed by atoms with E-state index in [1.165, 1.54) is 50.5 Å². The van der Waals surface area contributed by atoms with Crippen LogP contribution in [-0.4, -0.2) is 5.78 Å². The van der Waals surface area contributed by atoms with Crippen LogP contribution in [0, 0.1) is 41.1 Å². The van der Waals surface area contributed by atoms with E-state index in [1.807, 2.05) is 0 Å². The van der Waals surface area contributed by atoms with Gasteiger partial charge in [0, 0.05) is 12.3 Å². The Morgan fingerprint density at radius 3 is 2.78 bits per heavy atom. The lowest BCUT2D eigenvalue weighted by molar-refractivity contribution is -0.153. The standard InChI is InChI=1S/C21H29NO/c1-20-11-5-4-6-14(20)7-9-16-17-10-8-15(13-22-3)21(17,2)12-18(23)19(16)20/h13-14,16-17,19H,4-12H2,1-2H3/b15-13-/t14-,16+,17+,19-,20+,21-/m1/s1. The predicted molar refractivity (Wildman–Crippen MR) is 91.4 cm³/mol. The minimum atomic E-state index is -0.0132. The first-order valence-electron chi connectivity index (χ1n) is 9.59. The molecule has 4 aliphatic rings. The number of hydrogen-bond donors (Lipinski definition) is 0. The molecule has 2 heteroatoms. The van der Waals surface area contributed by atoms with Crippen molar-refractivity contribution in [3.63, 3.8) is 0 Å². The van der Waals surface area contributed by atoms with Crippen molar-refractivity contribution in [2.75, 3.05) is 0 Å². The smallest absolute Gasteiger partial charge is 0.154 e. The molecule has 0 saturated heterocycles. The van der Waals surface area contributed by atoms with Crippen LogP contribution in [0.4, 0.5) is 0 Å². The third-order valence-electron chi connectivity index (χ3n) is 8.34. The molecule has 4 aliphatic carbocycles. The van der Waals surface area contributed by atoms with Crippen molar-refractivity contribution >= 4 is 5.78 Å². The first kappa shape index (κ1) is 15.4. The molecule has 6 atom stereocenters. The van der Waals surface area contributed by atoms with Gasteiger partial charge < -0.3 is 0 Å². The van der Waals surface area contributed by atoms with E-state index < -0.39 is 0 Å². The topological polar surface area (TPSA) is 21.4 Å². The van der Waals surface area contributed by atoms with Crippen LogP contribution in [0.1, 0.15) is 71.6 Å². The van der Waals surface area contributed by atoms with E-state index in [1.54, 1.807) is 6.20 Å². The van der Waals surface area contributed by atoms with E-state index >= 15 is 0 Å². The van der Waals surface area contributed by atoms with Gasteiger partial charge >= 0.3 is 0 Å². The summed E-state index contributed by atoms with van der Waals surface area (Å²) < 4.78 is 0. The Morgan fingerprint density at radius 1 is 1.17 bits per heavy atom. The van der Waals surface area contributed by atoms with E-state index in [0.29, 0.717) is 30.0 Å². The molecule has 0 radical (unpaired) electrons. The van der Waals surface area contributed by atoms with Gasteiger partial charge in [-0.25, -0.2) is 4.85 Å². The van der Waals surface area contributed by atoms with Gasteiger partial charge in [-0.1, -0.05) is 32.3 Å². The lowest BCUT2D eigenvalue weighted by Crippen LogP contribution is -2.56. The van der Waals surface area contributed by atoms with Crippen LogP contribution < -0.4 is 0 Å². The van der Waals surface area contributed by atoms with Gasteiger partial charge in [0.15, 0.2) is 6.20 Å². The van der Waals surface area contributed by atoms with Crippen LogP contribution >= 0.6 is 0 Å². The summed E-state index contributed by atoms with van der Waals surface area (Å²) in [5.41, 5.74) is 1.52. The number of fused-ring (bicyclic) bond motifs is 5. The zero-order chi connectivity index (χ0) is 16.2. The summed E-state index contributed by atoms with van der Waals surface area (Å²) in [5.74, 6) is 2.84. The summed E-state index contributed by atoms with van der Waals surface area (Å²) in [7, 11) is 0. The summed E-state index contributed by atoms with van der Waals surface area (Å²) in [4.78, 5) is 16.8. The minimum Gasteiger partial charge on any atom is -0.299 e. The SMILES string of the molecule is [C-]#[N+]/C=C1/CC[C@H]2[C@@H]3CC[C@H]4CCCC[C@]4(C)[C@H]3C(=O)C[C@]12C. The van der Waals surface area contributed by atoms with Crippen molar-refractivity contribution in [1.82, 2.24) is 0 Å². The van der Waals surface area contributed by atoms with Gasteiger partial charge in [-0.2, -0.15) is 0 Å². The zero-order valence-electron chi connectivity index (χ0n) is 14.6. The highest BCUT2D eigenvalue weighted by atomic mass is 16.1. The molecule has 0 spiro atoms. The number of carbonyl (C=O) groups is 1. The van der Waals surface area contributed by atoms with E-state index in [4.69, 9.17) is 6.57 Å². The zero-order valence-corrected chi connectivity index (χ0v) is 14.6. The van der Waals surface area contributed by atoms with Crippen LogP contribution in [0.5, 0.6) is 0 Å². The number of Topliss-reactive ketones (excluding diaryl/α,β-unsaturated/α-hetero) is 1. The van der Waals surface area contributed by atoms with Crippen LogP contribution in [0.15, 0.2) is 11.8 Å². The first-order chi connectivity index (χ1) is 11.0. The molecule has 23 heavy (non-hydrogen) atoms. The molecule has 0 aromatic carbocycles. The Morgan fingerprint density at radius 2 is 2.00 bits per heavy atom. The van der Waals surface area contributed by atoms with Crippen molar-refractivity contribution in [3.8, 4) is 0 Å². The molecule has 0 aliphatic heterocycles. The fraction of sp³-hybridized carbons (Fsp3) is 0.810. The van der Waals surface area contributed by atoms with Gasteiger partial charge in [-0.3, -0.25) is 4.79 Å². The Hall–Kier alpha value is -1.10. The molecule has 4 rings (SSSR count). The molecule has 0 bridgehead atoms. The van der Waals surface area contributed by atoms with Gasteiger partial charge in [0.05, 0.1) is 6.57 Å². The van der Waals surface area contributed by atoms with Gasteiger partial charge in [0.1, 0.15) is 5.78 Å². The minimum absolute atomic E-state index is 0.0132. The maximum atomic E-state index is 13.3. The maximum absolute atomic E-state index is 13.3. The molecule has 0 heterocycles. The van der Waals surface area contributed by atoms with Gasteiger partial charge in [0.25, 0.3) is 0 Å². The number of ketones is 1. The fourth-order valence-electron chi connectivity index (χ4n) is 7.25. The summed E-state index contributed by atoms with van der Waals surface area (Å²) in [6, 6.07) is 0. The monoisotopic (exact) mass is 311 g/mol. The highest BCUT2D eigenvalue weighted by Gasteiger charge is 2.61. The number of carbonyl (C=O) groups excluding carboxylic acids is 1. The van der Waals surface area contributed by atoms with E-state index in [9.17, 15) is 4.79 Å². The Labute approximate surface area is 140 Å². The Bertz CT molecular complexity index is 599. The first-order valence-corrected chi connectivity index (χ1v) is 9.59. The Balaban J connectivity index is 1.72. The predicted octanol–water partition coefficient (Wildman–Crippen LogP) is 5.40. The van der Waals surface area contributed by atoms with Crippen molar-refractivity contribution < 1.29 is 4.79 Å². The lowest BCUT2D eigenvalue weighted by Gasteiger charge is -2.59. The molecule has 0 aromatic rings. The van der Waals surface area contributed by atoms with Gasteiger partial charge in [-0.15, -0.1) is 0 Å². The average molecular weight is 311 g/mol. The second-order valence-corrected chi connectivity index (χ2v) is 9.16. The Kier molecular flexibility index (Phi) is 3.49. The van der Waals surface area contributed by atoms with Crippen molar-refractivity contribution in [2.24, 2.45) is 34.5 Å². The summed E-state index contributed by atoms with van der Waals surface area (Å²) in [6.45, 7) is 11.9. The second kappa shape index (κ2) is 5.20. The fourth-order valence-corrected chi connectivity index (χ4v) is 7.25. The molecule has 2 nitrogen and oxygen atoms in total. The molecule has 4 saturated carbocycles. The summed E-state index contributed by atoms with van der Waals surface area (Å²) in [6.07, 6.45) is 12.6. The number of rotatable bonds is 0. The van der Waals surface area contributed by atoms with Crippen molar-refractivity contribution in [1.29, 1.82) is 0 Å². The number of hydrogen-bond acceptors (Lipinski definition) is 1. The van der Waals surface area contributed by atoms with Crippen molar-refractivity contribution in [2.45, 2.75) is 71.6 Å². The molecule has 0 N–H and O–H groups in total.